The summed E-state index contributed by atoms with van der Waals surface area (Å²) in [5.41, 5.74) is 3.37. The highest BCUT2D eigenvalue weighted by Gasteiger charge is 2.44. The summed E-state index contributed by atoms with van der Waals surface area (Å²) < 4.78 is 0. The van der Waals surface area contributed by atoms with Crippen molar-refractivity contribution in [1.29, 1.82) is 0 Å². The molecule has 12 heteroatoms. The van der Waals surface area contributed by atoms with Crippen LogP contribution in [0.5, 0.6) is 0 Å². The summed E-state index contributed by atoms with van der Waals surface area (Å²) in [5, 5.41) is 18.7. The van der Waals surface area contributed by atoms with Gasteiger partial charge in [0, 0.05) is 12.6 Å². The van der Waals surface area contributed by atoms with Crippen LogP contribution in [0.25, 0.3) is 0 Å². The average Bonchev–Trinajstić information content (AvgIpc) is 3.57. The third kappa shape index (κ3) is 5.35. The van der Waals surface area contributed by atoms with Gasteiger partial charge in [-0.2, -0.15) is 15.4 Å². The van der Waals surface area contributed by atoms with Gasteiger partial charge in [-0.15, -0.1) is 0 Å². The van der Waals surface area contributed by atoms with Crippen LogP contribution in [0.3, 0.4) is 0 Å². The lowest BCUT2D eigenvalue weighted by Gasteiger charge is -2.29. The van der Waals surface area contributed by atoms with E-state index in [2.05, 4.69) is 36.3 Å². The zero-order valence-corrected chi connectivity index (χ0v) is 21.7. The van der Waals surface area contributed by atoms with Gasteiger partial charge in [0.2, 0.25) is 17.7 Å². The molecule has 0 aliphatic carbocycles. The Morgan fingerprint density at radius 3 is 2.67 bits per heavy atom. The molecule has 0 radical (unpaired) electrons. The van der Waals surface area contributed by atoms with Gasteiger partial charge in [0.05, 0.1) is 18.4 Å². The number of anilines is 1. The monoisotopic (exact) mass is 530 g/mol. The van der Waals surface area contributed by atoms with E-state index in [0.717, 1.165) is 16.8 Å². The van der Waals surface area contributed by atoms with Crippen molar-refractivity contribution < 1.29 is 19.2 Å². The van der Waals surface area contributed by atoms with Crippen molar-refractivity contribution in [1.82, 2.24) is 36.3 Å². The molecule has 4 heterocycles. The van der Waals surface area contributed by atoms with Gasteiger partial charge in [-0.1, -0.05) is 38.1 Å². The Bertz CT molecular complexity index is 1380. The molecule has 3 atom stereocenters. The maximum atomic E-state index is 13.9. The number of carbonyl (C=O) groups is 4. The number of aromatic nitrogens is 4. The molecule has 39 heavy (non-hydrogen) atoms. The Labute approximate surface area is 225 Å². The lowest BCUT2D eigenvalue weighted by atomic mass is 10.00. The van der Waals surface area contributed by atoms with Crippen LogP contribution in [0.15, 0.2) is 48.8 Å². The molecule has 2 aromatic heterocycles. The molecule has 2 aliphatic rings. The number of pyridine rings is 1. The molecular formula is C27H30N8O4. The first-order valence-corrected chi connectivity index (χ1v) is 12.9. The minimum Gasteiger partial charge on any atom is -0.348 e. The van der Waals surface area contributed by atoms with Crippen LogP contribution in [0, 0.1) is 5.92 Å². The van der Waals surface area contributed by atoms with E-state index in [1.54, 1.807) is 18.2 Å². The minimum absolute atomic E-state index is 0.170. The van der Waals surface area contributed by atoms with Crippen molar-refractivity contribution in [2.24, 2.45) is 5.92 Å². The Balaban J connectivity index is 1.34. The lowest BCUT2D eigenvalue weighted by molar-refractivity contribution is -0.130. The number of amides is 4. The molecule has 12 nitrogen and oxygen atoms in total. The highest BCUT2D eigenvalue weighted by Crippen LogP contribution is 2.39. The highest BCUT2D eigenvalue weighted by atomic mass is 16.2. The van der Waals surface area contributed by atoms with Crippen LogP contribution in [-0.4, -0.2) is 62.1 Å². The summed E-state index contributed by atoms with van der Waals surface area (Å²) in [7, 11) is 0. The number of para-hydroxylation sites is 1. The largest absolute Gasteiger partial charge is 0.348 e. The smallest absolute Gasteiger partial charge is 0.270 e. The summed E-state index contributed by atoms with van der Waals surface area (Å²) in [4.78, 5) is 58.8. The second-order valence-electron chi connectivity index (χ2n) is 10.0. The number of H-pyrrole nitrogens is 1. The van der Waals surface area contributed by atoms with E-state index >= 15 is 0 Å². The van der Waals surface area contributed by atoms with Gasteiger partial charge in [0.25, 0.3) is 5.91 Å². The fourth-order valence-corrected chi connectivity index (χ4v) is 5.09. The van der Waals surface area contributed by atoms with Crippen LogP contribution in [0.4, 0.5) is 5.69 Å². The van der Waals surface area contributed by atoms with Gasteiger partial charge < -0.3 is 16.0 Å². The predicted molar refractivity (Wildman–Crippen MR) is 140 cm³/mol. The maximum absolute atomic E-state index is 13.9. The van der Waals surface area contributed by atoms with Crippen LogP contribution >= 0.6 is 0 Å². The van der Waals surface area contributed by atoms with E-state index in [1.165, 1.54) is 17.3 Å². The SMILES string of the molecule is CC(C)[C@H](NC(=O)c1ccccn1)C(=O)N[C@H]1CCc2cccc3c2N(C1=O)[C@H](C(=O)NCc1cn[nH]n1)C3. The predicted octanol–water partition coefficient (Wildman–Crippen LogP) is 0.659. The number of carbonyl (C=O) groups excluding carboxylic acids is 4. The Kier molecular flexibility index (Phi) is 7.35. The lowest BCUT2D eigenvalue weighted by Crippen LogP contribution is -2.58. The van der Waals surface area contributed by atoms with Gasteiger partial charge in [0.15, 0.2) is 0 Å². The molecule has 0 spiro atoms. The van der Waals surface area contributed by atoms with Gasteiger partial charge in [-0.3, -0.25) is 29.1 Å². The Hall–Kier alpha value is -4.61. The molecule has 4 amide bonds. The number of nitrogens with zero attached hydrogens (tertiary/aromatic N) is 4. The summed E-state index contributed by atoms with van der Waals surface area (Å²) >= 11 is 0. The molecule has 0 saturated carbocycles. The summed E-state index contributed by atoms with van der Waals surface area (Å²) in [6.07, 6.45) is 4.31. The zero-order chi connectivity index (χ0) is 27.5. The fourth-order valence-electron chi connectivity index (χ4n) is 5.09. The van der Waals surface area contributed by atoms with Crippen molar-refractivity contribution >= 4 is 29.3 Å². The number of hydrogen-bond donors (Lipinski definition) is 4. The van der Waals surface area contributed by atoms with Crippen molar-refractivity contribution in [3.05, 3.63) is 71.3 Å². The second-order valence-corrected chi connectivity index (χ2v) is 10.0. The molecule has 5 rings (SSSR count). The Morgan fingerprint density at radius 1 is 1.13 bits per heavy atom. The molecule has 3 aromatic rings. The molecule has 202 valence electrons. The van der Waals surface area contributed by atoms with Gasteiger partial charge in [-0.25, -0.2) is 0 Å². The quantitative estimate of drug-likeness (QED) is 0.332. The topological polar surface area (TPSA) is 162 Å². The summed E-state index contributed by atoms with van der Waals surface area (Å²) in [6, 6.07) is 8.24. The molecule has 1 aromatic carbocycles. The van der Waals surface area contributed by atoms with Crippen LogP contribution in [0.1, 0.15) is 47.6 Å². The number of aromatic amines is 1. The van der Waals surface area contributed by atoms with E-state index in [4.69, 9.17) is 0 Å². The number of rotatable bonds is 8. The number of hydrogen-bond acceptors (Lipinski definition) is 7. The van der Waals surface area contributed by atoms with E-state index in [9.17, 15) is 19.2 Å². The fraction of sp³-hybridized carbons (Fsp3) is 0.370. The molecule has 4 N–H and O–H groups in total. The van der Waals surface area contributed by atoms with Crippen molar-refractivity contribution in [2.45, 2.75) is 57.8 Å². The van der Waals surface area contributed by atoms with Crippen LogP contribution < -0.4 is 20.9 Å². The molecule has 0 unspecified atom stereocenters. The normalized spacial score (nSPS) is 18.7. The molecule has 0 bridgehead atoms. The molecule has 0 fully saturated rings. The number of aryl methyl sites for hydroxylation is 1. The Morgan fingerprint density at radius 2 is 1.95 bits per heavy atom. The van der Waals surface area contributed by atoms with Gasteiger partial charge in [-0.05, 0) is 42.0 Å². The summed E-state index contributed by atoms with van der Waals surface area (Å²) in [6.45, 7) is 3.80. The standard InChI is InChI=1S/C27H30N8O4/c1-15(2)22(32-24(36)19-8-3-4-11-28-19)26(38)31-20-10-9-16-6-5-7-17-12-21(35(23(16)17)27(20)39)25(37)29-13-18-14-30-34-33-18/h3-8,11,14-15,20-22H,9-10,12-13H2,1-2H3,(H,29,37)(H,31,38)(H,32,36)(H,30,33,34)/t20-,21-,22-/m0/s1. The highest BCUT2D eigenvalue weighted by molar-refractivity contribution is 6.08. The first kappa shape index (κ1) is 26.0. The molecule has 0 saturated heterocycles. The van der Waals surface area contributed by atoms with E-state index in [1.807, 2.05) is 32.0 Å². The van der Waals surface area contributed by atoms with Crippen molar-refractivity contribution in [2.75, 3.05) is 4.90 Å². The van der Waals surface area contributed by atoms with Gasteiger partial charge in [0.1, 0.15) is 29.5 Å². The van der Waals surface area contributed by atoms with E-state index in [-0.39, 0.29) is 30.0 Å². The maximum Gasteiger partial charge on any atom is 0.270 e. The van der Waals surface area contributed by atoms with E-state index in [0.29, 0.717) is 25.0 Å². The third-order valence-electron chi connectivity index (χ3n) is 7.07. The minimum atomic E-state index is -0.881. The second kappa shape index (κ2) is 11.0. The van der Waals surface area contributed by atoms with Crippen molar-refractivity contribution in [3.8, 4) is 0 Å². The summed E-state index contributed by atoms with van der Waals surface area (Å²) in [5.74, 6) is -1.86. The zero-order valence-electron chi connectivity index (χ0n) is 21.7. The van der Waals surface area contributed by atoms with Crippen LogP contribution in [-0.2, 0) is 33.8 Å². The van der Waals surface area contributed by atoms with Gasteiger partial charge >= 0.3 is 0 Å². The van der Waals surface area contributed by atoms with E-state index < -0.39 is 29.9 Å². The van der Waals surface area contributed by atoms with Crippen LogP contribution in [0.2, 0.25) is 0 Å². The first-order valence-electron chi connectivity index (χ1n) is 12.9. The third-order valence-corrected chi connectivity index (χ3v) is 7.07. The van der Waals surface area contributed by atoms with Crippen molar-refractivity contribution in [3.63, 3.8) is 0 Å². The first-order chi connectivity index (χ1) is 18.8. The molecular weight excluding hydrogens is 500 g/mol. The average molecular weight is 531 g/mol. The number of benzene rings is 1. The molecule has 2 aliphatic heterocycles. The number of nitrogens with one attached hydrogen (secondary N) is 4.